The van der Waals surface area contributed by atoms with E-state index in [0.717, 1.165) is 0 Å². The van der Waals surface area contributed by atoms with Gasteiger partial charge in [0.05, 0.1) is 6.61 Å². The van der Waals surface area contributed by atoms with Crippen LogP contribution < -0.4 is 0 Å². The van der Waals surface area contributed by atoms with Gasteiger partial charge in [0.15, 0.2) is 8.32 Å². The summed E-state index contributed by atoms with van der Waals surface area (Å²) in [6, 6.07) is 0. The molecular weight excluding hydrogens is 260 g/mol. The van der Waals surface area contributed by atoms with E-state index in [4.69, 9.17) is 9.16 Å². The van der Waals surface area contributed by atoms with Crippen molar-refractivity contribution in [2.24, 2.45) is 0 Å². The van der Waals surface area contributed by atoms with Crippen molar-refractivity contribution < 1.29 is 14.0 Å². The number of ether oxygens (including phenoxy) is 1. The smallest absolute Gasteiger partial charge is 0.419 e. The van der Waals surface area contributed by atoms with Gasteiger partial charge in [0.1, 0.15) is 6.33 Å². The number of carbonyl (C=O) groups excluding carboxylic acids is 1. The van der Waals surface area contributed by atoms with Crippen LogP contribution in [0, 0.1) is 0 Å². The lowest BCUT2D eigenvalue weighted by atomic mass is 10.2. The van der Waals surface area contributed by atoms with Crippen molar-refractivity contribution in [2.75, 3.05) is 13.2 Å². The van der Waals surface area contributed by atoms with Gasteiger partial charge in [-0.3, -0.25) is 0 Å². The van der Waals surface area contributed by atoms with Crippen LogP contribution in [-0.4, -0.2) is 37.2 Å². The van der Waals surface area contributed by atoms with Crippen LogP contribution in [0.5, 0.6) is 0 Å². The Kier molecular flexibility index (Phi) is 5.31. The molecule has 0 aliphatic carbocycles. The van der Waals surface area contributed by atoms with Crippen molar-refractivity contribution in [3.8, 4) is 0 Å². The van der Waals surface area contributed by atoms with Crippen molar-refractivity contribution >= 4 is 14.4 Å². The Hall–Kier alpha value is -1.14. The lowest BCUT2D eigenvalue weighted by Crippen LogP contribution is -2.41. The maximum atomic E-state index is 11.5. The third-order valence-corrected chi connectivity index (χ3v) is 8.04. The first-order valence-electron chi connectivity index (χ1n) is 6.53. The van der Waals surface area contributed by atoms with Crippen molar-refractivity contribution in [1.82, 2.24) is 9.55 Å². The molecule has 5 nitrogen and oxygen atoms in total. The summed E-state index contributed by atoms with van der Waals surface area (Å²) < 4.78 is 12.4. The Bertz CT molecular complexity index is 397. The molecule has 1 heterocycles. The predicted molar refractivity (Wildman–Crippen MR) is 76.7 cm³/mol. The fourth-order valence-electron chi connectivity index (χ4n) is 1.20. The Balaban J connectivity index is 2.20. The van der Waals surface area contributed by atoms with Gasteiger partial charge >= 0.3 is 6.09 Å². The molecule has 0 N–H and O–H groups in total. The number of aromatic nitrogens is 2. The van der Waals surface area contributed by atoms with Crippen LogP contribution in [0.25, 0.3) is 0 Å². The van der Waals surface area contributed by atoms with Gasteiger partial charge in [0.25, 0.3) is 0 Å². The van der Waals surface area contributed by atoms with Crippen LogP contribution in [0.2, 0.25) is 18.1 Å². The summed E-state index contributed by atoms with van der Waals surface area (Å²) in [6.07, 6.45) is 4.85. The van der Waals surface area contributed by atoms with Crippen LogP contribution >= 0.6 is 0 Å². The van der Waals surface area contributed by atoms with E-state index in [9.17, 15) is 4.79 Å². The highest BCUT2D eigenvalue weighted by molar-refractivity contribution is 6.74. The minimum atomic E-state index is -1.69. The quantitative estimate of drug-likeness (QED) is 0.615. The van der Waals surface area contributed by atoms with Gasteiger partial charge in [0, 0.05) is 25.4 Å². The van der Waals surface area contributed by atoms with E-state index in [1.54, 1.807) is 12.4 Å². The third kappa shape index (κ3) is 4.79. The summed E-state index contributed by atoms with van der Waals surface area (Å²) in [6.45, 7) is 12.0. The van der Waals surface area contributed by atoms with Crippen molar-refractivity contribution in [3.63, 3.8) is 0 Å². The molecule has 0 spiro atoms. The first-order valence-corrected chi connectivity index (χ1v) is 9.44. The normalized spacial score (nSPS) is 12.5. The fraction of sp³-hybridized carbons (Fsp3) is 0.692. The van der Waals surface area contributed by atoms with Crippen LogP contribution in [0.4, 0.5) is 4.79 Å². The second-order valence-electron chi connectivity index (χ2n) is 6.05. The van der Waals surface area contributed by atoms with Crippen molar-refractivity contribution in [2.45, 2.75) is 45.3 Å². The van der Waals surface area contributed by atoms with E-state index in [-0.39, 0.29) is 5.04 Å². The zero-order valence-corrected chi connectivity index (χ0v) is 13.5. The topological polar surface area (TPSA) is 53.4 Å². The number of nitrogens with zero attached hydrogens (tertiary/aromatic N) is 2. The molecule has 0 aromatic carbocycles. The molecule has 1 aromatic rings. The Labute approximate surface area is 116 Å². The fourth-order valence-corrected chi connectivity index (χ4v) is 2.29. The Morgan fingerprint density at radius 3 is 2.53 bits per heavy atom. The molecule has 0 aliphatic heterocycles. The standard InChI is InChI=1S/C13H24N2O3Si/c1-13(2,3)19(4,5)18-10-6-9-17-12(16)15-8-7-14-11-15/h7-8,11H,6,9-10H2,1-5H3. The Morgan fingerprint density at radius 1 is 1.32 bits per heavy atom. The van der Waals surface area contributed by atoms with Crippen molar-refractivity contribution in [3.05, 3.63) is 18.7 Å². The molecule has 0 bridgehead atoms. The molecule has 1 rings (SSSR count). The van der Waals surface area contributed by atoms with E-state index >= 15 is 0 Å². The minimum absolute atomic E-state index is 0.209. The molecule has 1 aromatic heterocycles. The molecule has 0 saturated heterocycles. The molecule has 6 heteroatoms. The molecular formula is C13H24N2O3Si. The maximum absolute atomic E-state index is 11.5. The average Bonchev–Trinajstić information content (AvgIpc) is 2.80. The Morgan fingerprint density at radius 2 is 2.00 bits per heavy atom. The summed E-state index contributed by atoms with van der Waals surface area (Å²) in [5.41, 5.74) is 0. The zero-order valence-electron chi connectivity index (χ0n) is 12.5. The monoisotopic (exact) mass is 284 g/mol. The molecule has 0 fully saturated rings. The van der Waals surface area contributed by atoms with Gasteiger partial charge in [-0.1, -0.05) is 20.8 Å². The zero-order chi connectivity index (χ0) is 14.5. The highest BCUT2D eigenvalue weighted by atomic mass is 28.4. The molecule has 19 heavy (non-hydrogen) atoms. The second-order valence-corrected chi connectivity index (χ2v) is 10.9. The molecule has 0 aliphatic rings. The maximum Gasteiger partial charge on any atom is 0.419 e. The van der Waals surface area contributed by atoms with Crippen LogP contribution in [0.3, 0.4) is 0 Å². The summed E-state index contributed by atoms with van der Waals surface area (Å²) in [4.78, 5) is 15.3. The molecule has 0 amide bonds. The lowest BCUT2D eigenvalue weighted by Gasteiger charge is -2.36. The van der Waals surface area contributed by atoms with Gasteiger partial charge in [0.2, 0.25) is 0 Å². The van der Waals surface area contributed by atoms with E-state index in [0.29, 0.717) is 19.6 Å². The predicted octanol–water partition coefficient (Wildman–Crippen LogP) is 3.28. The SMILES string of the molecule is CC(C)(C)[Si](C)(C)OCCCOC(=O)n1ccnc1. The van der Waals surface area contributed by atoms with Crippen molar-refractivity contribution in [1.29, 1.82) is 0 Å². The number of rotatable bonds is 5. The van der Waals surface area contributed by atoms with Gasteiger partial charge in [-0.2, -0.15) is 0 Å². The van der Waals surface area contributed by atoms with Crippen LogP contribution in [0.15, 0.2) is 18.7 Å². The van der Waals surface area contributed by atoms with Crippen LogP contribution in [-0.2, 0) is 9.16 Å². The van der Waals surface area contributed by atoms with Gasteiger partial charge < -0.3 is 9.16 Å². The highest BCUT2D eigenvalue weighted by Gasteiger charge is 2.36. The second kappa shape index (κ2) is 6.34. The molecule has 0 saturated carbocycles. The number of hydrogen-bond acceptors (Lipinski definition) is 4. The molecule has 108 valence electrons. The van der Waals surface area contributed by atoms with E-state index in [1.807, 2.05) is 0 Å². The average molecular weight is 284 g/mol. The van der Waals surface area contributed by atoms with Gasteiger partial charge in [-0.25, -0.2) is 14.3 Å². The molecule has 0 unspecified atom stereocenters. The highest BCUT2D eigenvalue weighted by Crippen LogP contribution is 2.36. The largest absolute Gasteiger partial charge is 0.449 e. The summed E-state index contributed by atoms with van der Waals surface area (Å²) in [5.74, 6) is 0. The van der Waals surface area contributed by atoms with Crippen LogP contribution in [0.1, 0.15) is 27.2 Å². The summed E-state index contributed by atoms with van der Waals surface area (Å²) >= 11 is 0. The molecule has 0 atom stereocenters. The van der Waals surface area contributed by atoms with Gasteiger partial charge in [-0.05, 0) is 18.1 Å². The first-order chi connectivity index (χ1) is 8.74. The number of hydrogen-bond donors (Lipinski definition) is 0. The third-order valence-electron chi connectivity index (χ3n) is 3.50. The number of carbonyl (C=O) groups is 1. The summed E-state index contributed by atoms with van der Waals surface area (Å²) in [7, 11) is -1.69. The minimum Gasteiger partial charge on any atom is -0.449 e. The molecule has 0 radical (unpaired) electrons. The summed E-state index contributed by atoms with van der Waals surface area (Å²) in [5, 5.41) is 0.209. The van der Waals surface area contributed by atoms with E-state index < -0.39 is 14.4 Å². The number of imidazole rings is 1. The van der Waals surface area contributed by atoms with E-state index in [1.165, 1.54) is 10.9 Å². The van der Waals surface area contributed by atoms with Gasteiger partial charge in [-0.15, -0.1) is 0 Å². The lowest BCUT2D eigenvalue weighted by molar-refractivity contribution is 0.137. The first kappa shape index (κ1) is 15.9. The van der Waals surface area contributed by atoms with E-state index in [2.05, 4.69) is 38.8 Å².